The van der Waals surface area contributed by atoms with E-state index in [1.54, 1.807) is 6.20 Å². The number of hydrogen-bond acceptors (Lipinski definition) is 2. The summed E-state index contributed by atoms with van der Waals surface area (Å²) in [6.07, 6.45) is 1.67. The van der Waals surface area contributed by atoms with E-state index in [0.29, 0.717) is 5.65 Å². The van der Waals surface area contributed by atoms with E-state index in [9.17, 15) is 5.21 Å². The number of aromatic nitrogens is 2. The molecule has 0 unspecified atom stereocenters. The topological polar surface area (TPSA) is 38.0 Å². The highest BCUT2D eigenvalue weighted by Gasteiger charge is 2.08. The van der Waals surface area contributed by atoms with Gasteiger partial charge in [-0.25, -0.2) is 4.98 Å². The third-order valence-electron chi connectivity index (χ3n) is 2.41. The zero-order valence-electron chi connectivity index (χ0n) is 7.38. The second-order valence-corrected chi connectivity index (χ2v) is 3.20. The molecule has 0 atom stereocenters. The molecule has 0 saturated carbocycles. The summed E-state index contributed by atoms with van der Waals surface area (Å²) in [5.41, 5.74) is 1.40. The summed E-state index contributed by atoms with van der Waals surface area (Å²) in [4.78, 5) is 4.13. The molecule has 3 aromatic rings. The van der Waals surface area contributed by atoms with Gasteiger partial charge in [0.25, 0.3) is 0 Å². The van der Waals surface area contributed by atoms with E-state index in [1.165, 1.54) is 0 Å². The van der Waals surface area contributed by atoms with E-state index < -0.39 is 0 Å². The van der Waals surface area contributed by atoms with Crippen LogP contribution < -0.4 is 0 Å². The predicted octanol–water partition coefficient (Wildman–Crippen LogP) is 2.43. The van der Waals surface area contributed by atoms with E-state index in [4.69, 9.17) is 0 Å². The summed E-state index contributed by atoms with van der Waals surface area (Å²) in [6, 6.07) is 11.5. The van der Waals surface area contributed by atoms with Crippen LogP contribution in [-0.2, 0) is 0 Å². The molecule has 2 heterocycles. The van der Waals surface area contributed by atoms with Crippen molar-refractivity contribution in [1.82, 2.24) is 9.71 Å². The van der Waals surface area contributed by atoms with Crippen LogP contribution >= 0.6 is 0 Å². The number of fused-ring (bicyclic) bond motifs is 3. The Morgan fingerprint density at radius 1 is 1.00 bits per heavy atom. The molecule has 3 heteroatoms. The molecule has 0 aliphatic carbocycles. The number of rotatable bonds is 0. The summed E-state index contributed by atoms with van der Waals surface area (Å²) in [5.74, 6) is 0. The van der Waals surface area contributed by atoms with E-state index in [-0.39, 0.29) is 0 Å². The molecule has 2 aromatic heterocycles. The van der Waals surface area contributed by atoms with Crippen LogP contribution in [0.5, 0.6) is 0 Å². The second-order valence-electron chi connectivity index (χ2n) is 3.20. The Hall–Kier alpha value is -2.03. The maximum absolute atomic E-state index is 9.80. The van der Waals surface area contributed by atoms with Crippen molar-refractivity contribution in [2.24, 2.45) is 0 Å². The van der Waals surface area contributed by atoms with Gasteiger partial charge in [0, 0.05) is 17.0 Å². The molecule has 3 nitrogen and oxygen atoms in total. The maximum Gasteiger partial charge on any atom is 0.176 e. The molecular formula is C11H8N2O. The second kappa shape index (κ2) is 2.48. The van der Waals surface area contributed by atoms with Gasteiger partial charge in [0.05, 0.1) is 5.52 Å². The number of benzene rings is 1. The molecular weight excluding hydrogens is 176 g/mol. The standard InChI is InChI=1S/C11H8N2O/c14-13-10-6-2-1-4-8(10)9-5-3-7-12-11(9)13/h1-7,14H. The molecule has 0 fully saturated rings. The van der Waals surface area contributed by atoms with Gasteiger partial charge in [-0.2, -0.15) is 4.73 Å². The van der Waals surface area contributed by atoms with Gasteiger partial charge in [-0.05, 0) is 18.2 Å². The Bertz CT molecular complexity index is 560. The first kappa shape index (κ1) is 7.38. The van der Waals surface area contributed by atoms with Crippen molar-refractivity contribution in [3.63, 3.8) is 0 Å². The largest absolute Gasteiger partial charge is 0.426 e. The van der Waals surface area contributed by atoms with Crippen molar-refractivity contribution in [1.29, 1.82) is 0 Å². The van der Waals surface area contributed by atoms with Crippen LogP contribution in [0.15, 0.2) is 42.6 Å². The minimum Gasteiger partial charge on any atom is -0.426 e. The maximum atomic E-state index is 9.80. The van der Waals surface area contributed by atoms with Crippen LogP contribution in [0.3, 0.4) is 0 Å². The summed E-state index contributed by atoms with van der Waals surface area (Å²) in [7, 11) is 0. The lowest BCUT2D eigenvalue weighted by Gasteiger charge is -1.93. The Morgan fingerprint density at radius 3 is 2.71 bits per heavy atom. The minimum absolute atomic E-state index is 0.605. The fraction of sp³-hybridized carbons (Fsp3) is 0. The third kappa shape index (κ3) is 0.785. The van der Waals surface area contributed by atoms with Gasteiger partial charge < -0.3 is 5.21 Å². The Labute approximate surface area is 80.2 Å². The monoisotopic (exact) mass is 184 g/mol. The summed E-state index contributed by atoms with van der Waals surface area (Å²) in [6.45, 7) is 0. The van der Waals surface area contributed by atoms with Crippen LogP contribution in [0.4, 0.5) is 0 Å². The van der Waals surface area contributed by atoms with E-state index >= 15 is 0 Å². The summed E-state index contributed by atoms with van der Waals surface area (Å²) < 4.78 is 1.13. The predicted molar refractivity (Wildman–Crippen MR) is 54.4 cm³/mol. The van der Waals surface area contributed by atoms with E-state index in [2.05, 4.69) is 4.98 Å². The first-order valence-electron chi connectivity index (χ1n) is 4.41. The van der Waals surface area contributed by atoms with Crippen molar-refractivity contribution in [3.05, 3.63) is 42.6 Å². The normalized spacial score (nSPS) is 11.1. The molecule has 1 aromatic carbocycles. The lowest BCUT2D eigenvalue weighted by Crippen LogP contribution is -1.89. The van der Waals surface area contributed by atoms with Gasteiger partial charge >= 0.3 is 0 Å². The molecule has 3 rings (SSSR count). The van der Waals surface area contributed by atoms with Crippen molar-refractivity contribution < 1.29 is 5.21 Å². The van der Waals surface area contributed by atoms with Crippen LogP contribution in [-0.4, -0.2) is 14.9 Å². The molecule has 0 spiro atoms. The molecule has 0 aliphatic rings. The van der Waals surface area contributed by atoms with Crippen LogP contribution in [0.25, 0.3) is 21.9 Å². The minimum atomic E-state index is 0.605. The Balaban J connectivity index is 2.69. The van der Waals surface area contributed by atoms with E-state index in [1.807, 2.05) is 36.4 Å². The smallest absolute Gasteiger partial charge is 0.176 e. The van der Waals surface area contributed by atoms with Crippen LogP contribution in [0, 0.1) is 0 Å². The fourth-order valence-corrected chi connectivity index (χ4v) is 1.78. The SMILES string of the molecule is On1c2ccccc2c2cccnc21. The highest BCUT2D eigenvalue weighted by Crippen LogP contribution is 2.25. The number of hydrogen-bond donors (Lipinski definition) is 1. The first-order chi connectivity index (χ1) is 6.88. The number of pyridine rings is 1. The average molecular weight is 184 g/mol. The third-order valence-corrected chi connectivity index (χ3v) is 2.41. The first-order valence-corrected chi connectivity index (χ1v) is 4.41. The van der Waals surface area contributed by atoms with Gasteiger partial charge in [-0.3, -0.25) is 0 Å². The number of nitrogens with zero attached hydrogens (tertiary/aromatic N) is 2. The van der Waals surface area contributed by atoms with Crippen molar-refractivity contribution in [3.8, 4) is 0 Å². The highest BCUT2D eigenvalue weighted by atomic mass is 16.5. The van der Waals surface area contributed by atoms with Gasteiger partial charge in [-0.15, -0.1) is 0 Å². The van der Waals surface area contributed by atoms with Gasteiger partial charge in [0.1, 0.15) is 0 Å². The van der Waals surface area contributed by atoms with Gasteiger partial charge in [0.15, 0.2) is 5.65 Å². The molecule has 0 amide bonds. The molecule has 0 aliphatic heterocycles. The van der Waals surface area contributed by atoms with Crippen LogP contribution in [0.1, 0.15) is 0 Å². The molecule has 0 bridgehead atoms. The lowest BCUT2D eigenvalue weighted by atomic mass is 10.2. The fourth-order valence-electron chi connectivity index (χ4n) is 1.78. The van der Waals surface area contributed by atoms with Gasteiger partial charge in [0.2, 0.25) is 0 Å². The summed E-state index contributed by atoms with van der Waals surface area (Å²) in [5, 5.41) is 11.8. The zero-order chi connectivity index (χ0) is 9.54. The highest BCUT2D eigenvalue weighted by molar-refractivity contribution is 6.06. The quantitative estimate of drug-likeness (QED) is 0.545. The number of para-hydroxylation sites is 1. The molecule has 0 radical (unpaired) electrons. The molecule has 68 valence electrons. The molecule has 1 N–H and O–H groups in total. The lowest BCUT2D eigenvalue weighted by molar-refractivity contribution is 0.211. The van der Waals surface area contributed by atoms with Crippen molar-refractivity contribution in [2.45, 2.75) is 0 Å². The summed E-state index contributed by atoms with van der Waals surface area (Å²) >= 11 is 0. The Kier molecular flexibility index (Phi) is 1.31. The average Bonchev–Trinajstić information content (AvgIpc) is 2.55. The van der Waals surface area contributed by atoms with Gasteiger partial charge in [-0.1, -0.05) is 18.2 Å². The Morgan fingerprint density at radius 2 is 1.79 bits per heavy atom. The van der Waals surface area contributed by atoms with E-state index in [0.717, 1.165) is 21.0 Å². The van der Waals surface area contributed by atoms with Crippen molar-refractivity contribution >= 4 is 21.9 Å². The van der Waals surface area contributed by atoms with Crippen molar-refractivity contribution in [2.75, 3.05) is 0 Å². The molecule has 14 heavy (non-hydrogen) atoms. The zero-order valence-corrected chi connectivity index (χ0v) is 7.38. The molecule has 0 saturated heterocycles. The van der Waals surface area contributed by atoms with Crippen LogP contribution in [0.2, 0.25) is 0 Å².